The van der Waals surface area contributed by atoms with E-state index in [2.05, 4.69) is 18.0 Å². The number of aromatic nitrogens is 3. The van der Waals surface area contributed by atoms with E-state index in [1.807, 2.05) is 43.3 Å². The number of hydrogen-bond acceptors (Lipinski definition) is 5. The fourth-order valence-electron chi connectivity index (χ4n) is 4.57. The molecule has 0 saturated heterocycles. The minimum absolute atomic E-state index is 0.180. The molecule has 188 valence electrons. The van der Waals surface area contributed by atoms with Crippen molar-refractivity contribution >= 4 is 33.3 Å². The van der Waals surface area contributed by atoms with Gasteiger partial charge >= 0.3 is 5.69 Å². The molecule has 0 aliphatic carbocycles. The number of aryl methyl sites for hydroxylation is 1. The second-order valence-corrected chi connectivity index (χ2v) is 8.91. The molecule has 4 rings (SSSR count). The van der Waals surface area contributed by atoms with Gasteiger partial charge in [-0.3, -0.25) is 14.1 Å². The lowest BCUT2D eigenvalue weighted by molar-refractivity contribution is 0.311. The highest BCUT2D eigenvalue weighted by atomic mass is 16.5. The van der Waals surface area contributed by atoms with Crippen LogP contribution >= 0.6 is 0 Å². The van der Waals surface area contributed by atoms with Gasteiger partial charge in [-0.25, -0.2) is 4.79 Å². The molecule has 7 heteroatoms. The standard InChI is InChI=1S/C29H34N4O3/c1-6-8-9-10-11-24(19(3)30)33-28-22-16-20(21-13-15-26(35-5)27(17-21)36-7-2)12-14-23(22)31-18-25(28)32(4)29(33)34/h11-18,30H,6-10H2,1-5H3/b24-11+,30-19?. The maximum atomic E-state index is 13.4. The van der Waals surface area contributed by atoms with Crippen molar-refractivity contribution in [3.8, 4) is 22.6 Å². The van der Waals surface area contributed by atoms with Crippen LogP contribution in [0.25, 0.3) is 38.8 Å². The Morgan fingerprint density at radius 2 is 1.83 bits per heavy atom. The van der Waals surface area contributed by atoms with E-state index in [0.29, 0.717) is 29.5 Å². The number of methoxy groups -OCH3 is 1. The van der Waals surface area contributed by atoms with Gasteiger partial charge in [0.2, 0.25) is 0 Å². The number of fused-ring (bicyclic) bond motifs is 3. The van der Waals surface area contributed by atoms with E-state index in [4.69, 9.17) is 14.9 Å². The number of ether oxygens (including phenoxy) is 2. The van der Waals surface area contributed by atoms with Crippen molar-refractivity contribution in [2.24, 2.45) is 7.05 Å². The van der Waals surface area contributed by atoms with Crippen LogP contribution in [0.4, 0.5) is 0 Å². The molecule has 0 aliphatic heterocycles. The Bertz CT molecular complexity index is 1510. The highest BCUT2D eigenvalue weighted by molar-refractivity contribution is 6.18. The van der Waals surface area contributed by atoms with E-state index in [0.717, 1.165) is 58.7 Å². The zero-order chi connectivity index (χ0) is 25.8. The summed E-state index contributed by atoms with van der Waals surface area (Å²) in [6.45, 7) is 6.38. The quantitative estimate of drug-likeness (QED) is 0.207. The molecule has 4 aromatic rings. The van der Waals surface area contributed by atoms with Crippen molar-refractivity contribution in [2.45, 2.75) is 46.5 Å². The molecular formula is C29H34N4O3. The lowest BCUT2D eigenvalue weighted by atomic mass is 10.0. The highest BCUT2D eigenvalue weighted by Crippen LogP contribution is 2.35. The number of imidazole rings is 1. The number of benzene rings is 2. The van der Waals surface area contributed by atoms with Gasteiger partial charge in [-0.1, -0.05) is 38.0 Å². The topological polar surface area (TPSA) is 82.1 Å². The molecule has 0 spiro atoms. The minimum Gasteiger partial charge on any atom is -0.493 e. The normalized spacial score (nSPS) is 11.9. The van der Waals surface area contributed by atoms with Gasteiger partial charge in [-0.2, -0.15) is 0 Å². The Morgan fingerprint density at radius 1 is 1.08 bits per heavy atom. The van der Waals surface area contributed by atoms with E-state index in [1.54, 1.807) is 36.4 Å². The highest BCUT2D eigenvalue weighted by Gasteiger charge is 2.19. The molecule has 2 aromatic heterocycles. The fourth-order valence-corrected chi connectivity index (χ4v) is 4.57. The Kier molecular flexibility index (Phi) is 7.58. The molecule has 0 atom stereocenters. The first kappa shape index (κ1) is 25.2. The van der Waals surface area contributed by atoms with Crippen LogP contribution in [-0.2, 0) is 7.05 Å². The van der Waals surface area contributed by atoms with Gasteiger partial charge in [0.15, 0.2) is 11.5 Å². The van der Waals surface area contributed by atoms with Gasteiger partial charge in [-0.15, -0.1) is 0 Å². The molecule has 0 radical (unpaired) electrons. The number of rotatable bonds is 10. The summed E-state index contributed by atoms with van der Waals surface area (Å²) in [4.78, 5) is 18.1. The van der Waals surface area contributed by atoms with Crippen molar-refractivity contribution in [3.63, 3.8) is 0 Å². The van der Waals surface area contributed by atoms with E-state index in [1.165, 1.54) is 0 Å². The molecule has 1 N–H and O–H groups in total. The number of unbranched alkanes of at least 4 members (excludes halogenated alkanes) is 3. The van der Waals surface area contributed by atoms with Crippen molar-refractivity contribution < 1.29 is 9.47 Å². The third-order valence-corrected chi connectivity index (χ3v) is 6.45. The molecule has 7 nitrogen and oxygen atoms in total. The van der Waals surface area contributed by atoms with Gasteiger partial charge in [0.1, 0.15) is 0 Å². The molecule has 0 bridgehead atoms. The van der Waals surface area contributed by atoms with Crippen LogP contribution in [0.1, 0.15) is 46.5 Å². The predicted molar refractivity (Wildman–Crippen MR) is 147 cm³/mol. The minimum atomic E-state index is -0.180. The van der Waals surface area contributed by atoms with E-state index in [-0.39, 0.29) is 5.69 Å². The first-order chi connectivity index (χ1) is 17.4. The average Bonchev–Trinajstić information content (AvgIpc) is 3.13. The van der Waals surface area contributed by atoms with Crippen LogP contribution in [0, 0.1) is 5.41 Å². The van der Waals surface area contributed by atoms with Gasteiger partial charge in [0.25, 0.3) is 0 Å². The summed E-state index contributed by atoms with van der Waals surface area (Å²) in [5.74, 6) is 1.36. The zero-order valence-corrected chi connectivity index (χ0v) is 21.7. The molecule has 0 unspecified atom stereocenters. The summed E-state index contributed by atoms with van der Waals surface area (Å²) in [6.07, 6.45) is 7.85. The third kappa shape index (κ3) is 4.65. The first-order valence-electron chi connectivity index (χ1n) is 12.5. The van der Waals surface area contributed by atoms with E-state index in [9.17, 15) is 4.79 Å². The average molecular weight is 487 g/mol. The van der Waals surface area contributed by atoms with Crippen LogP contribution in [-0.4, -0.2) is 33.5 Å². The SMILES string of the molecule is CCCCC/C=C(\C(C)=N)n1c(=O)n(C)c2cnc3ccc(-c4ccc(OC)c(OCC)c4)cc3c21. The van der Waals surface area contributed by atoms with Crippen LogP contribution < -0.4 is 15.2 Å². The second kappa shape index (κ2) is 10.8. The Labute approximate surface area is 211 Å². The molecule has 2 heterocycles. The van der Waals surface area contributed by atoms with Crippen LogP contribution in [0.3, 0.4) is 0 Å². The number of allylic oxidation sites excluding steroid dienone is 2. The summed E-state index contributed by atoms with van der Waals surface area (Å²) in [5, 5.41) is 9.32. The molecule has 0 aliphatic rings. The maximum Gasteiger partial charge on any atom is 0.333 e. The first-order valence-corrected chi connectivity index (χ1v) is 12.5. The van der Waals surface area contributed by atoms with Gasteiger partial charge in [0.05, 0.1) is 47.9 Å². The van der Waals surface area contributed by atoms with Crippen molar-refractivity contribution in [1.82, 2.24) is 14.1 Å². The predicted octanol–water partition coefficient (Wildman–Crippen LogP) is 6.42. The molecule has 2 aromatic carbocycles. The number of hydrogen-bond donors (Lipinski definition) is 1. The van der Waals surface area contributed by atoms with Gasteiger partial charge in [-0.05, 0) is 62.1 Å². The molecular weight excluding hydrogens is 452 g/mol. The van der Waals surface area contributed by atoms with Crippen molar-refractivity contribution in [2.75, 3.05) is 13.7 Å². The Hall–Kier alpha value is -3.87. The lowest BCUT2D eigenvalue weighted by Crippen LogP contribution is -2.24. The van der Waals surface area contributed by atoms with Gasteiger partial charge in [0, 0.05) is 12.4 Å². The van der Waals surface area contributed by atoms with Crippen molar-refractivity contribution in [3.05, 3.63) is 59.2 Å². The van der Waals surface area contributed by atoms with Gasteiger partial charge < -0.3 is 14.9 Å². The molecule has 0 amide bonds. The number of pyridine rings is 1. The van der Waals surface area contributed by atoms with Crippen LogP contribution in [0.5, 0.6) is 11.5 Å². The zero-order valence-electron chi connectivity index (χ0n) is 21.7. The van der Waals surface area contributed by atoms with E-state index < -0.39 is 0 Å². The number of nitrogens with one attached hydrogen (secondary N) is 1. The van der Waals surface area contributed by atoms with Crippen LogP contribution in [0.15, 0.2) is 53.5 Å². The second-order valence-electron chi connectivity index (χ2n) is 8.91. The maximum absolute atomic E-state index is 13.4. The van der Waals surface area contributed by atoms with Crippen LogP contribution in [0.2, 0.25) is 0 Å². The molecule has 0 fully saturated rings. The molecule has 36 heavy (non-hydrogen) atoms. The monoisotopic (exact) mass is 486 g/mol. The molecule has 0 saturated carbocycles. The third-order valence-electron chi connectivity index (χ3n) is 6.45. The summed E-state index contributed by atoms with van der Waals surface area (Å²) in [7, 11) is 3.38. The summed E-state index contributed by atoms with van der Waals surface area (Å²) in [5.41, 5.74) is 5.04. The summed E-state index contributed by atoms with van der Waals surface area (Å²) >= 11 is 0. The summed E-state index contributed by atoms with van der Waals surface area (Å²) < 4.78 is 14.5. The summed E-state index contributed by atoms with van der Waals surface area (Å²) in [6, 6.07) is 11.9. The lowest BCUT2D eigenvalue weighted by Gasteiger charge is -2.13. The largest absolute Gasteiger partial charge is 0.493 e. The smallest absolute Gasteiger partial charge is 0.333 e. The Balaban J connectivity index is 1.96. The van der Waals surface area contributed by atoms with E-state index >= 15 is 0 Å². The number of nitrogens with zero attached hydrogens (tertiary/aromatic N) is 3. The Morgan fingerprint density at radius 3 is 2.53 bits per heavy atom. The van der Waals surface area contributed by atoms with Crippen molar-refractivity contribution in [1.29, 1.82) is 5.41 Å². The fraction of sp³-hybridized carbons (Fsp3) is 0.345.